The third kappa shape index (κ3) is 3.59. The first-order valence-electron chi connectivity index (χ1n) is 5.73. The van der Waals surface area contributed by atoms with E-state index in [2.05, 4.69) is 5.32 Å². The van der Waals surface area contributed by atoms with Gasteiger partial charge in [0.25, 0.3) is 0 Å². The van der Waals surface area contributed by atoms with Crippen molar-refractivity contribution >= 4 is 11.9 Å². The standard InChI is InChI=1S/C13H15NO3/c15-12-7-6-11(14-12)8-13(16)17-9-10-4-2-1-3-5-10/h1-5,11H,6-9H2,(H,14,15). The van der Waals surface area contributed by atoms with E-state index in [1.54, 1.807) is 0 Å². The number of hydrogen-bond acceptors (Lipinski definition) is 3. The van der Waals surface area contributed by atoms with Crippen LogP contribution in [0.4, 0.5) is 0 Å². The van der Waals surface area contributed by atoms with Gasteiger partial charge < -0.3 is 10.1 Å². The monoisotopic (exact) mass is 233 g/mol. The van der Waals surface area contributed by atoms with Crippen LogP contribution in [0.15, 0.2) is 30.3 Å². The normalized spacial score (nSPS) is 18.8. The molecule has 90 valence electrons. The van der Waals surface area contributed by atoms with Gasteiger partial charge in [0, 0.05) is 12.5 Å². The molecule has 2 rings (SSSR count). The largest absolute Gasteiger partial charge is 0.461 e. The SMILES string of the molecule is O=C1CCC(CC(=O)OCc2ccccc2)N1. The smallest absolute Gasteiger partial charge is 0.308 e. The number of rotatable bonds is 4. The molecule has 1 aliphatic heterocycles. The number of amides is 1. The molecule has 1 aliphatic rings. The molecule has 4 nitrogen and oxygen atoms in total. The van der Waals surface area contributed by atoms with E-state index >= 15 is 0 Å². The summed E-state index contributed by atoms with van der Waals surface area (Å²) in [6, 6.07) is 9.49. The van der Waals surface area contributed by atoms with E-state index in [0.29, 0.717) is 13.0 Å². The first-order chi connectivity index (χ1) is 8.24. The topological polar surface area (TPSA) is 55.4 Å². The molecule has 1 amide bonds. The molecule has 0 spiro atoms. The minimum absolute atomic E-state index is 0.0193. The maximum Gasteiger partial charge on any atom is 0.308 e. The summed E-state index contributed by atoms with van der Waals surface area (Å²) in [5.41, 5.74) is 0.969. The summed E-state index contributed by atoms with van der Waals surface area (Å²) < 4.78 is 5.14. The molecular weight excluding hydrogens is 218 g/mol. The zero-order chi connectivity index (χ0) is 12.1. The number of carbonyl (C=O) groups excluding carboxylic acids is 2. The Balaban J connectivity index is 1.73. The van der Waals surface area contributed by atoms with Gasteiger partial charge in [-0.1, -0.05) is 30.3 Å². The molecule has 0 saturated carbocycles. The first-order valence-corrected chi connectivity index (χ1v) is 5.73. The summed E-state index contributed by atoms with van der Waals surface area (Å²) >= 11 is 0. The molecule has 1 aromatic carbocycles. The predicted molar refractivity (Wildman–Crippen MR) is 62.0 cm³/mol. The average molecular weight is 233 g/mol. The minimum Gasteiger partial charge on any atom is -0.461 e. The lowest BCUT2D eigenvalue weighted by Gasteiger charge is -2.09. The Hall–Kier alpha value is -1.84. The summed E-state index contributed by atoms with van der Waals surface area (Å²) in [6.45, 7) is 0.292. The van der Waals surface area contributed by atoms with Crippen LogP contribution in [0.1, 0.15) is 24.8 Å². The maximum atomic E-state index is 11.5. The highest BCUT2D eigenvalue weighted by Gasteiger charge is 2.23. The van der Waals surface area contributed by atoms with E-state index in [1.807, 2.05) is 30.3 Å². The van der Waals surface area contributed by atoms with Gasteiger partial charge in [-0.25, -0.2) is 0 Å². The fourth-order valence-corrected chi connectivity index (χ4v) is 1.83. The molecule has 0 aromatic heterocycles. The van der Waals surface area contributed by atoms with Crippen LogP contribution in [0.2, 0.25) is 0 Å². The van der Waals surface area contributed by atoms with Crippen molar-refractivity contribution in [3.05, 3.63) is 35.9 Å². The Morgan fingerprint density at radius 1 is 1.35 bits per heavy atom. The molecule has 1 saturated heterocycles. The van der Waals surface area contributed by atoms with Crippen molar-refractivity contribution < 1.29 is 14.3 Å². The van der Waals surface area contributed by atoms with Gasteiger partial charge in [0.2, 0.25) is 5.91 Å². The van der Waals surface area contributed by atoms with E-state index in [1.165, 1.54) is 0 Å². The lowest BCUT2D eigenvalue weighted by atomic mass is 10.1. The molecule has 1 heterocycles. The Morgan fingerprint density at radius 2 is 2.12 bits per heavy atom. The summed E-state index contributed by atoms with van der Waals surface area (Å²) in [6.07, 6.45) is 1.49. The van der Waals surface area contributed by atoms with Crippen molar-refractivity contribution in [2.24, 2.45) is 0 Å². The lowest BCUT2D eigenvalue weighted by Crippen LogP contribution is -2.28. The van der Waals surface area contributed by atoms with Crippen LogP contribution in [0.3, 0.4) is 0 Å². The summed E-state index contributed by atoms with van der Waals surface area (Å²) in [4.78, 5) is 22.5. The molecule has 1 atom stereocenters. The average Bonchev–Trinajstić information content (AvgIpc) is 2.73. The zero-order valence-corrected chi connectivity index (χ0v) is 9.52. The fourth-order valence-electron chi connectivity index (χ4n) is 1.83. The Labute approximate surface area is 100.0 Å². The number of carbonyl (C=O) groups is 2. The second kappa shape index (κ2) is 5.48. The van der Waals surface area contributed by atoms with Crippen molar-refractivity contribution in [3.8, 4) is 0 Å². The molecule has 0 aliphatic carbocycles. The van der Waals surface area contributed by atoms with Gasteiger partial charge in [-0.05, 0) is 12.0 Å². The first kappa shape index (κ1) is 11.6. The third-order valence-electron chi connectivity index (χ3n) is 2.74. The molecule has 1 unspecified atom stereocenters. The van der Waals surface area contributed by atoms with Gasteiger partial charge >= 0.3 is 5.97 Å². The molecule has 17 heavy (non-hydrogen) atoms. The second-order valence-corrected chi connectivity index (χ2v) is 4.15. The number of nitrogens with one attached hydrogen (secondary N) is 1. The molecule has 1 fully saturated rings. The van der Waals surface area contributed by atoms with Crippen LogP contribution in [-0.4, -0.2) is 17.9 Å². The number of hydrogen-bond donors (Lipinski definition) is 1. The van der Waals surface area contributed by atoms with Gasteiger partial charge in [0.15, 0.2) is 0 Å². The van der Waals surface area contributed by atoms with Crippen LogP contribution >= 0.6 is 0 Å². The molecule has 0 radical (unpaired) electrons. The Bertz CT molecular complexity index is 402. The van der Waals surface area contributed by atoms with Crippen LogP contribution in [0.25, 0.3) is 0 Å². The molecule has 4 heteroatoms. The lowest BCUT2D eigenvalue weighted by molar-refractivity contribution is -0.145. The van der Waals surface area contributed by atoms with E-state index in [0.717, 1.165) is 12.0 Å². The van der Waals surface area contributed by atoms with Crippen molar-refractivity contribution in [1.82, 2.24) is 5.32 Å². The maximum absolute atomic E-state index is 11.5. The van der Waals surface area contributed by atoms with Crippen LogP contribution in [0.5, 0.6) is 0 Å². The van der Waals surface area contributed by atoms with Crippen molar-refractivity contribution in [1.29, 1.82) is 0 Å². The third-order valence-corrected chi connectivity index (χ3v) is 2.74. The highest BCUT2D eigenvalue weighted by Crippen LogP contribution is 2.11. The van der Waals surface area contributed by atoms with Crippen molar-refractivity contribution in [2.75, 3.05) is 0 Å². The fraction of sp³-hybridized carbons (Fsp3) is 0.385. The molecule has 1 aromatic rings. The highest BCUT2D eigenvalue weighted by atomic mass is 16.5. The van der Waals surface area contributed by atoms with Crippen LogP contribution < -0.4 is 5.32 Å². The Morgan fingerprint density at radius 3 is 2.76 bits per heavy atom. The minimum atomic E-state index is -0.263. The predicted octanol–water partition coefficient (Wildman–Crippen LogP) is 1.40. The number of benzene rings is 1. The second-order valence-electron chi connectivity index (χ2n) is 4.15. The van der Waals surface area contributed by atoms with Gasteiger partial charge in [-0.2, -0.15) is 0 Å². The van der Waals surface area contributed by atoms with E-state index in [9.17, 15) is 9.59 Å². The van der Waals surface area contributed by atoms with E-state index in [-0.39, 0.29) is 24.3 Å². The number of esters is 1. The highest BCUT2D eigenvalue weighted by molar-refractivity contribution is 5.80. The molecular formula is C13H15NO3. The summed E-state index contributed by atoms with van der Waals surface area (Å²) in [5, 5.41) is 2.74. The van der Waals surface area contributed by atoms with Crippen molar-refractivity contribution in [3.63, 3.8) is 0 Å². The zero-order valence-electron chi connectivity index (χ0n) is 9.52. The summed E-state index contributed by atoms with van der Waals surface area (Å²) in [5.74, 6) is -0.244. The molecule has 1 N–H and O–H groups in total. The van der Waals surface area contributed by atoms with E-state index < -0.39 is 0 Å². The van der Waals surface area contributed by atoms with Crippen LogP contribution in [0, 0.1) is 0 Å². The van der Waals surface area contributed by atoms with Crippen LogP contribution in [-0.2, 0) is 20.9 Å². The summed E-state index contributed by atoms with van der Waals surface area (Å²) in [7, 11) is 0. The molecule has 0 bridgehead atoms. The van der Waals surface area contributed by atoms with E-state index in [4.69, 9.17) is 4.74 Å². The number of ether oxygens (including phenoxy) is 1. The van der Waals surface area contributed by atoms with Gasteiger partial charge in [-0.3, -0.25) is 9.59 Å². The Kier molecular flexibility index (Phi) is 3.75. The quantitative estimate of drug-likeness (QED) is 0.800. The van der Waals surface area contributed by atoms with Gasteiger partial charge in [0.05, 0.1) is 6.42 Å². The van der Waals surface area contributed by atoms with Gasteiger partial charge in [0.1, 0.15) is 6.61 Å². The van der Waals surface area contributed by atoms with Crippen molar-refractivity contribution in [2.45, 2.75) is 31.9 Å². The van der Waals surface area contributed by atoms with Gasteiger partial charge in [-0.15, -0.1) is 0 Å².